The minimum absolute atomic E-state index is 0.638. The van der Waals surface area contributed by atoms with Crippen LogP contribution in [0.2, 0.25) is 0 Å². The predicted octanol–water partition coefficient (Wildman–Crippen LogP) is 3.15. The molecule has 0 aliphatic heterocycles. The third-order valence-electron chi connectivity index (χ3n) is 2.84. The van der Waals surface area contributed by atoms with Gasteiger partial charge in [0, 0.05) is 29.0 Å². The van der Waals surface area contributed by atoms with Gasteiger partial charge in [0.2, 0.25) is 0 Å². The van der Waals surface area contributed by atoms with Gasteiger partial charge >= 0.3 is 0 Å². The Balaban J connectivity index is 2.11. The van der Waals surface area contributed by atoms with Crippen molar-refractivity contribution in [3.8, 4) is 0 Å². The largest absolute Gasteiger partial charge is 0.369 e. The second kappa shape index (κ2) is 5.34. The van der Waals surface area contributed by atoms with Crippen LogP contribution in [0.3, 0.4) is 0 Å². The van der Waals surface area contributed by atoms with E-state index in [1.54, 1.807) is 11.3 Å². The standard InChI is InChI=1S/C14H18N2S/c1-11-5-3-4-6-14(11)16(2)10-13-8-7-12(9-15)17-13/h3-8H,9-10,15H2,1-2H3. The molecule has 90 valence electrons. The van der Waals surface area contributed by atoms with Crippen LogP contribution < -0.4 is 10.6 Å². The molecular weight excluding hydrogens is 228 g/mol. The molecule has 2 rings (SSSR count). The average Bonchev–Trinajstić information content (AvgIpc) is 2.77. The van der Waals surface area contributed by atoms with E-state index in [1.165, 1.54) is 21.0 Å². The fourth-order valence-electron chi connectivity index (χ4n) is 1.93. The first kappa shape index (κ1) is 12.1. The highest BCUT2D eigenvalue weighted by molar-refractivity contribution is 7.12. The van der Waals surface area contributed by atoms with Crippen molar-refractivity contribution < 1.29 is 0 Å². The van der Waals surface area contributed by atoms with Crippen LogP contribution in [0.15, 0.2) is 36.4 Å². The van der Waals surface area contributed by atoms with Crippen molar-refractivity contribution in [3.05, 3.63) is 51.7 Å². The molecule has 0 radical (unpaired) electrons. The molecule has 0 amide bonds. The molecule has 1 heterocycles. The zero-order valence-electron chi connectivity index (χ0n) is 10.3. The van der Waals surface area contributed by atoms with Crippen LogP contribution in [0, 0.1) is 6.92 Å². The molecule has 3 heteroatoms. The van der Waals surface area contributed by atoms with Gasteiger partial charge in [-0.25, -0.2) is 0 Å². The minimum atomic E-state index is 0.638. The maximum Gasteiger partial charge on any atom is 0.0519 e. The number of nitrogens with two attached hydrogens (primary N) is 1. The number of aryl methyl sites for hydroxylation is 1. The molecule has 0 saturated carbocycles. The summed E-state index contributed by atoms with van der Waals surface area (Å²) in [6, 6.07) is 12.7. The summed E-state index contributed by atoms with van der Waals surface area (Å²) in [6.45, 7) is 3.72. The van der Waals surface area contributed by atoms with E-state index in [0.717, 1.165) is 6.54 Å². The number of hydrogen-bond donors (Lipinski definition) is 1. The molecule has 0 spiro atoms. The first-order valence-corrected chi connectivity index (χ1v) is 6.57. The maximum atomic E-state index is 5.63. The predicted molar refractivity (Wildman–Crippen MR) is 75.5 cm³/mol. The lowest BCUT2D eigenvalue weighted by atomic mass is 10.2. The molecule has 2 N–H and O–H groups in total. The van der Waals surface area contributed by atoms with Crippen molar-refractivity contribution in [3.63, 3.8) is 0 Å². The zero-order chi connectivity index (χ0) is 12.3. The van der Waals surface area contributed by atoms with Crippen LogP contribution >= 0.6 is 11.3 Å². The van der Waals surface area contributed by atoms with Crippen molar-refractivity contribution in [2.24, 2.45) is 5.73 Å². The topological polar surface area (TPSA) is 29.3 Å². The monoisotopic (exact) mass is 246 g/mol. The summed E-state index contributed by atoms with van der Waals surface area (Å²) in [5.41, 5.74) is 8.22. The molecule has 0 fully saturated rings. The highest BCUT2D eigenvalue weighted by Gasteiger charge is 2.06. The number of benzene rings is 1. The fourth-order valence-corrected chi connectivity index (χ4v) is 2.88. The van der Waals surface area contributed by atoms with Gasteiger partial charge in [-0.1, -0.05) is 18.2 Å². The number of rotatable bonds is 4. The van der Waals surface area contributed by atoms with E-state index in [4.69, 9.17) is 5.73 Å². The smallest absolute Gasteiger partial charge is 0.0519 e. The molecule has 17 heavy (non-hydrogen) atoms. The van der Waals surface area contributed by atoms with Crippen molar-refractivity contribution in [1.29, 1.82) is 0 Å². The summed E-state index contributed by atoms with van der Waals surface area (Å²) in [4.78, 5) is 4.89. The van der Waals surface area contributed by atoms with Crippen molar-refractivity contribution in [2.45, 2.75) is 20.0 Å². The Morgan fingerprint density at radius 3 is 2.47 bits per heavy atom. The number of anilines is 1. The van der Waals surface area contributed by atoms with E-state index in [-0.39, 0.29) is 0 Å². The molecule has 0 aliphatic rings. The Hall–Kier alpha value is -1.32. The van der Waals surface area contributed by atoms with E-state index in [9.17, 15) is 0 Å². The molecular formula is C14H18N2S. The van der Waals surface area contributed by atoms with Crippen molar-refractivity contribution in [1.82, 2.24) is 0 Å². The number of para-hydroxylation sites is 1. The molecule has 1 aromatic carbocycles. The Bertz CT molecular complexity index is 490. The van der Waals surface area contributed by atoms with E-state index in [2.05, 4.69) is 55.3 Å². The lowest BCUT2D eigenvalue weighted by molar-refractivity contribution is 0.934. The number of thiophene rings is 1. The first-order chi connectivity index (χ1) is 8.20. The van der Waals surface area contributed by atoms with Gasteiger partial charge in [-0.05, 0) is 30.7 Å². The number of hydrogen-bond acceptors (Lipinski definition) is 3. The highest BCUT2D eigenvalue weighted by Crippen LogP contribution is 2.23. The van der Waals surface area contributed by atoms with Gasteiger partial charge in [-0.2, -0.15) is 0 Å². The van der Waals surface area contributed by atoms with Crippen LogP contribution in [0.25, 0.3) is 0 Å². The maximum absolute atomic E-state index is 5.63. The quantitative estimate of drug-likeness (QED) is 0.898. The van der Waals surface area contributed by atoms with Crippen LogP contribution in [0.5, 0.6) is 0 Å². The Kier molecular flexibility index (Phi) is 3.82. The molecule has 1 aromatic heterocycles. The summed E-state index contributed by atoms with van der Waals surface area (Å²) >= 11 is 1.80. The Labute approximate surface area is 107 Å². The average molecular weight is 246 g/mol. The van der Waals surface area contributed by atoms with Crippen LogP contribution in [-0.4, -0.2) is 7.05 Å². The Morgan fingerprint density at radius 1 is 1.12 bits per heavy atom. The summed E-state index contributed by atoms with van der Waals surface area (Å²) in [6.07, 6.45) is 0. The molecule has 0 atom stereocenters. The van der Waals surface area contributed by atoms with Gasteiger partial charge in [0.15, 0.2) is 0 Å². The lowest BCUT2D eigenvalue weighted by Crippen LogP contribution is -2.16. The molecule has 2 aromatic rings. The van der Waals surface area contributed by atoms with Gasteiger partial charge in [0.25, 0.3) is 0 Å². The molecule has 2 nitrogen and oxygen atoms in total. The molecule has 0 aliphatic carbocycles. The van der Waals surface area contributed by atoms with Gasteiger partial charge in [0.1, 0.15) is 0 Å². The summed E-state index contributed by atoms with van der Waals surface area (Å²) in [5, 5.41) is 0. The zero-order valence-corrected chi connectivity index (χ0v) is 11.1. The summed E-state index contributed by atoms with van der Waals surface area (Å²) < 4.78 is 0. The van der Waals surface area contributed by atoms with E-state index in [1.807, 2.05) is 0 Å². The van der Waals surface area contributed by atoms with Crippen molar-refractivity contribution in [2.75, 3.05) is 11.9 Å². The van der Waals surface area contributed by atoms with Gasteiger partial charge in [0.05, 0.1) is 6.54 Å². The molecule has 0 saturated heterocycles. The van der Waals surface area contributed by atoms with E-state index in [0.29, 0.717) is 6.54 Å². The highest BCUT2D eigenvalue weighted by atomic mass is 32.1. The third-order valence-corrected chi connectivity index (χ3v) is 3.93. The SMILES string of the molecule is Cc1ccccc1N(C)Cc1ccc(CN)s1. The van der Waals surface area contributed by atoms with Crippen LogP contribution in [0.4, 0.5) is 5.69 Å². The first-order valence-electron chi connectivity index (χ1n) is 5.75. The van der Waals surface area contributed by atoms with E-state index >= 15 is 0 Å². The van der Waals surface area contributed by atoms with Crippen molar-refractivity contribution >= 4 is 17.0 Å². The van der Waals surface area contributed by atoms with E-state index < -0.39 is 0 Å². The fraction of sp³-hybridized carbons (Fsp3) is 0.286. The molecule has 0 unspecified atom stereocenters. The summed E-state index contributed by atoms with van der Waals surface area (Å²) in [5.74, 6) is 0. The van der Waals surface area contributed by atoms with Crippen LogP contribution in [0.1, 0.15) is 15.3 Å². The Morgan fingerprint density at radius 2 is 1.82 bits per heavy atom. The number of nitrogens with zero attached hydrogens (tertiary/aromatic N) is 1. The normalized spacial score (nSPS) is 10.5. The van der Waals surface area contributed by atoms with Gasteiger partial charge in [-0.15, -0.1) is 11.3 Å². The second-order valence-electron chi connectivity index (χ2n) is 4.21. The van der Waals surface area contributed by atoms with Crippen LogP contribution in [-0.2, 0) is 13.1 Å². The third kappa shape index (κ3) is 2.87. The molecule has 0 bridgehead atoms. The minimum Gasteiger partial charge on any atom is -0.369 e. The summed E-state index contributed by atoms with van der Waals surface area (Å²) in [7, 11) is 2.13. The van der Waals surface area contributed by atoms with Gasteiger partial charge in [-0.3, -0.25) is 0 Å². The lowest BCUT2D eigenvalue weighted by Gasteiger charge is -2.20. The second-order valence-corrected chi connectivity index (χ2v) is 5.47. The van der Waals surface area contributed by atoms with Gasteiger partial charge < -0.3 is 10.6 Å².